The molecule has 2 aliphatic heterocycles. The highest BCUT2D eigenvalue weighted by atomic mass is 32.2. The Hall–Kier alpha value is -4.98. The lowest BCUT2D eigenvalue weighted by atomic mass is 9.77. The monoisotopic (exact) mass is 655 g/mol. The summed E-state index contributed by atoms with van der Waals surface area (Å²) in [5.41, 5.74) is 2.16. The van der Waals surface area contributed by atoms with Crippen LogP contribution in [-0.4, -0.2) is 74.5 Å². The number of aliphatic hydroxyl groups excluding tert-OH is 1. The highest BCUT2D eigenvalue weighted by molar-refractivity contribution is 8.00. The highest BCUT2D eigenvalue weighted by Gasteiger charge is 2.54. The number of rotatable bonds is 11. The second-order valence-electron chi connectivity index (χ2n) is 10.4. The van der Waals surface area contributed by atoms with Crippen molar-refractivity contribution in [3.05, 3.63) is 130 Å². The first-order chi connectivity index (χ1) is 22.4. The maximum absolute atomic E-state index is 13.5. The van der Waals surface area contributed by atoms with Crippen LogP contribution >= 0.6 is 23.1 Å². The summed E-state index contributed by atoms with van der Waals surface area (Å²) >= 11 is 2.54. The van der Waals surface area contributed by atoms with Crippen molar-refractivity contribution >= 4 is 51.7 Å². The number of carbonyl (C=O) groups excluding carboxylic acids is 2. The summed E-state index contributed by atoms with van der Waals surface area (Å²) in [5, 5.41) is 31.0. The van der Waals surface area contributed by atoms with Crippen LogP contribution in [0.4, 0.5) is 5.13 Å². The van der Waals surface area contributed by atoms with Crippen LogP contribution in [0.5, 0.6) is 0 Å². The molecule has 0 saturated carbocycles. The van der Waals surface area contributed by atoms with Crippen LogP contribution in [-0.2, 0) is 24.8 Å². The van der Waals surface area contributed by atoms with Gasteiger partial charge in [0.1, 0.15) is 35.5 Å². The van der Waals surface area contributed by atoms with Crippen LogP contribution in [0.25, 0.3) is 0 Å². The predicted octanol–water partition coefficient (Wildman–Crippen LogP) is 3.63. The minimum absolute atomic E-state index is 0.145. The van der Waals surface area contributed by atoms with Crippen molar-refractivity contribution in [1.29, 1.82) is 0 Å². The van der Waals surface area contributed by atoms with E-state index in [2.05, 4.69) is 15.8 Å². The number of hydrogen-bond donors (Lipinski definition) is 4. The third kappa shape index (κ3) is 5.53. The van der Waals surface area contributed by atoms with Gasteiger partial charge in [-0.3, -0.25) is 14.5 Å². The van der Waals surface area contributed by atoms with E-state index < -0.39 is 41.3 Å². The van der Waals surface area contributed by atoms with Gasteiger partial charge in [0.15, 0.2) is 10.8 Å². The van der Waals surface area contributed by atoms with E-state index in [1.54, 1.807) is 5.38 Å². The molecule has 0 spiro atoms. The van der Waals surface area contributed by atoms with Crippen molar-refractivity contribution in [2.24, 2.45) is 5.16 Å². The van der Waals surface area contributed by atoms with Gasteiger partial charge in [0.05, 0.1) is 6.61 Å². The minimum Gasteiger partial charge on any atom is -0.477 e. The molecule has 2 amide bonds. The number of aliphatic carboxylic acids is 1. The van der Waals surface area contributed by atoms with Gasteiger partial charge in [0, 0.05) is 11.1 Å². The van der Waals surface area contributed by atoms with Crippen LogP contribution in [0.15, 0.2) is 113 Å². The zero-order valence-corrected chi connectivity index (χ0v) is 26.1. The molecule has 0 bridgehead atoms. The number of nitrogens with one attached hydrogen (secondary N) is 2. The maximum atomic E-state index is 13.5. The number of β-lactam (4-membered cyclic amide) rings is 1. The average molecular weight is 656 g/mol. The van der Waals surface area contributed by atoms with Gasteiger partial charge in [0.25, 0.3) is 11.8 Å². The largest absolute Gasteiger partial charge is 0.477 e. The summed E-state index contributed by atoms with van der Waals surface area (Å²) < 4.78 is 0. The summed E-state index contributed by atoms with van der Waals surface area (Å²) in [6.45, 7) is -0.479. The molecule has 1 aromatic heterocycles. The average Bonchev–Trinajstić information content (AvgIpc) is 3.56. The molecule has 0 radical (unpaired) electrons. The number of thiazole rings is 1. The lowest BCUT2D eigenvalue weighted by Gasteiger charge is -2.49. The molecule has 13 heteroatoms. The number of fused-ring (bicyclic) bond motifs is 1. The Kier molecular flexibility index (Phi) is 8.88. The molecule has 4 aromatic rings. The number of aromatic nitrogens is 1. The first-order valence-electron chi connectivity index (χ1n) is 14.2. The van der Waals surface area contributed by atoms with E-state index in [4.69, 9.17) is 9.82 Å². The summed E-state index contributed by atoms with van der Waals surface area (Å²) in [5.74, 6) is -2.39. The zero-order chi connectivity index (χ0) is 32.3. The Bertz CT molecular complexity index is 1720. The number of carboxylic acid groups (broad SMARTS) is 1. The molecule has 2 aliphatic rings. The van der Waals surface area contributed by atoms with Crippen molar-refractivity contribution in [3.8, 4) is 0 Å². The van der Waals surface area contributed by atoms with E-state index in [9.17, 15) is 24.6 Å². The summed E-state index contributed by atoms with van der Waals surface area (Å²) in [6.07, 6.45) is 0. The number of nitrogens with zero attached hydrogens (tertiary/aromatic N) is 3. The first kappa shape index (κ1) is 31.0. The molecule has 0 unspecified atom stereocenters. The van der Waals surface area contributed by atoms with Crippen LogP contribution < -0.4 is 10.6 Å². The number of thioether (sulfide) groups is 1. The fourth-order valence-electron chi connectivity index (χ4n) is 5.69. The van der Waals surface area contributed by atoms with Crippen molar-refractivity contribution < 1.29 is 29.4 Å². The van der Waals surface area contributed by atoms with Crippen LogP contribution in [0.3, 0.4) is 0 Å². The summed E-state index contributed by atoms with van der Waals surface area (Å²) in [4.78, 5) is 49.2. The fourth-order valence-corrected chi connectivity index (χ4v) is 7.78. The Morgan fingerprint density at radius 1 is 1.00 bits per heavy atom. The van der Waals surface area contributed by atoms with E-state index in [0.29, 0.717) is 5.13 Å². The number of amides is 2. The molecule has 1 saturated heterocycles. The van der Waals surface area contributed by atoms with E-state index in [0.717, 1.165) is 21.6 Å². The van der Waals surface area contributed by atoms with Crippen molar-refractivity contribution in [1.82, 2.24) is 15.2 Å². The standard InChI is InChI=1S/C33H29N5O6S2/c1-44-37-25(28(40)35-26-29(41)38-27(31(42)43)20(17-39)18-45-30(26)38)24-19-46-32(34-24)36-33(21-11-5-2-6-12-21,22-13-7-3-8-14-22)23-15-9-4-10-16-23/h2-16,19,26,30,39H,17-18H2,1H3,(H,34,36)(H,35,40)(H,42,43)/b37-25-/t26-,30-/m1/s1. The molecular formula is C33H29N5O6S2. The predicted molar refractivity (Wildman–Crippen MR) is 175 cm³/mol. The molecule has 3 aromatic carbocycles. The highest BCUT2D eigenvalue weighted by Crippen LogP contribution is 2.42. The minimum atomic E-state index is -1.31. The van der Waals surface area contributed by atoms with Crippen molar-refractivity contribution in [2.45, 2.75) is 17.0 Å². The molecule has 3 heterocycles. The molecule has 11 nitrogen and oxygen atoms in total. The van der Waals surface area contributed by atoms with Gasteiger partial charge in [0.2, 0.25) is 0 Å². The fraction of sp³-hybridized carbons (Fsp3) is 0.182. The van der Waals surface area contributed by atoms with Crippen LogP contribution in [0.2, 0.25) is 0 Å². The normalized spacial score (nSPS) is 18.0. The Balaban J connectivity index is 1.30. The Labute approximate surface area is 272 Å². The van der Waals surface area contributed by atoms with Gasteiger partial charge >= 0.3 is 5.97 Å². The number of oxime groups is 1. The number of carboxylic acids is 1. The second-order valence-corrected chi connectivity index (χ2v) is 12.4. The van der Waals surface area contributed by atoms with Gasteiger partial charge in [-0.25, -0.2) is 9.78 Å². The van der Waals surface area contributed by atoms with E-state index >= 15 is 0 Å². The maximum Gasteiger partial charge on any atom is 0.352 e. The summed E-state index contributed by atoms with van der Waals surface area (Å²) in [6, 6.07) is 29.0. The SMILES string of the molecule is CO/N=C(\C(=O)N[C@@H]1C(=O)N2C(C(=O)O)=C(CO)CS[C@H]12)c1csc(NC(c2ccccc2)(c2ccccc2)c2ccccc2)n1. The lowest BCUT2D eigenvalue weighted by molar-refractivity contribution is -0.150. The topological polar surface area (TPSA) is 153 Å². The number of hydrogen-bond acceptors (Lipinski definition) is 10. The van der Waals surface area contributed by atoms with Gasteiger partial charge in [-0.2, -0.15) is 0 Å². The molecule has 4 N–H and O–H groups in total. The van der Waals surface area contributed by atoms with Gasteiger partial charge in [-0.15, -0.1) is 23.1 Å². The number of benzene rings is 3. The van der Waals surface area contributed by atoms with Crippen molar-refractivity contribution in [3.63, 3.8) is 0 Å². The summed E-state index contributed by atoms with van der Waals surface area (Å²) in [7, 11) is 1.30. The molecule has 0 aliphatic carbocycles. The lowest BCUT2D eigenvalue weighted by Crippen LogP contribution is -2.71. The van der Waals surface area contributed by atoms with E-state index in [1.165, 1.54) is 30.2 Å². The van der Waals surface area contributed by atoms with Crippen molar-refractivity contribution in [2.75, 3.05) is 24.8 Å². The van der Waals surface area contributed by atoms with Crippen LogP contribution in [0.1, 0.15) is 22.4 Å². The quantitative estimate of drug-likeness (QED) is 0.0821. The molecular weight excluding hydrogens is 627 g/mol. The van der Waals surface area contributed by atoms with Gasteiger partial charge in [-0.1, -0.05) is 96.2 Å². The second kappa shape index (κ2) is 13.2. The van der Waals surface area contributed by atoms with Gasteiger partial charge in [-0.05, 0) is 22.3 Å². The third-order valence-electron chi connectivity index (χ3n) is 7.79. The molecule has 6 rings (SSSR count). The molecule has 46 heavy (non-hydrogen) atoms. The molecule has 2 atom stereocenters. The first-order valence-corrected chi connectivity index (χ1v) is 16.2. The van der Waals surface area contributed by atoms with Gasteiger partial charge < -0.3 is 25.7 Å². The molecule has 1 fully saturated rings. The van der Waals surface area contributed by atoms with E-state index in [-0.39, 0.29) is 28.4 Å². The zero-order valence-electron chi connectivity index (χ0n) is 24.5. The smallest absolute Gasteiger partial charge is 0.352 e. The molecule has 234 valence electrons. The van der Waals surface area contributed by atoms with E-state index in [1.807, 2.05) is 91.0 Å². The van der Waals surface area contributed by atoms with Crippen LogP contribution in [0, 0.1) is 0 Å². The third-order valence-corrected chi connectivity index (χ3v) is 9.88. The number of anilines is 1. The Morgan fingerprint density at radius 2 is 1.57 bits per heavy atom. The Morgan fingerprint density at radius 3 is 2.07 bits per heavy atom. The number of aliphatic hydroxyl groups is 1. The number of carbonyl (C=O) groups is 3.